The second-order valence-corrected chi connectivity index (χ2v) is 5.61. The summed E-state index contributed by atoms with van der Waals surface area (Å²) in [6.07, 6.45) is 2.56. The van der Waals surface area contributed by atoms with E-state index in [-0.39, 0.29) is 11.9 Å². The zero-order valence-corrected chi connectivity index (χ0v) is 13.2. The van der Waals surface area contributed by atoms with Crippen LogP contribution in [0.1, 0.15) is 37.8 Å². The lowest BCUT2D eigenvalue weighted by molar-refractivity contribution is -0.131. The van der Waals surface area contributed by atoms with Gasteiger partial charge in [-0.3, -0.25) is 4.79 Å². The number of amides is 1. The highest BCUT2D eigenvalue weighted by Gasteiger charge is 2.16. The fourth-order valence-electron chi connectivity index (χ4n) is 1.75. The molecule has 1 aromatic rings. The number of carbonyl (C=O) groups excluding carboxylic acids is 1. The van der Waals surface area contributed by atoms with Gasteiger partial charge in [0.25, 0.3) is 0 Å². The Morgan fingerprint density at radius 3 is 2.78 bits per heavy atom. The molecular formula is C14H19BrClNO. The molecule has 18 heavy (non-hydrogen) atoms. The summed E-state index contributed by atoms with van der Waals surface area (Å²) < 4.78 is 0. The minimum Gasteiger partial charge on any atom is -0.339 e. The summed E-state index contributed by atoms with van der Waals surface area (Å²) in [5.74, 6) is 0.184. The van der Waals surface area contributed by atoms with E-state index in [9.17, 15) is 4.79 Å². The van der Waals surface area contributed by atoms with E-state index < -0.39 is 0 Å². The highest BCUT2D eigenvalue weighted by atomic mass is 79.9. The van der Waals surface area contributed by atoms with Gasteiger partial charge in [0, 0.05) is 23.8 Å². The second-order valence-electron chi connectivity index (χ2n) is 4.38. The van der Waals surface area contributed by atoms with Crippen molar-refractivity contribution < 1.29 is 4.79 Å². The molecule has 1 amide bonds. The van der Waals surface area contributed by atoms with Crippen LogP contribution in [0.2, 0.25) is 5.02 Å². The van der Waals surface area contributed by atoms with Crippen molar-refractivity contribution in [1.29, 1.82) is 0 Å². The molecule has 0 spiro atoms. The Labute approximate surface area is 122 Å². The number of benzene rings is 1. The minimum absolute atomic E-state index is 0.0557. The van der Waals surface area contributed by atoms with Gasteiger partial charge in [0.1, 0.15) is 0 Å². The number of hydrogen-bond donors (Lipinski definition) is 0. The molecule has 1 rings (SSSR count). The maximum atomic E-state index is 12.0. The van der Waals surface area contributed by atoms with Crippen LogP contribution in [0, 0.1) is 0 Å². The van der Waals surface area contributed by atoms with Gasteiger partial charge >= 0.3 is 0 Å². The fourth-order valence-corrected chi connectivity index (χ4v) is 2.35. The SMILES string of the molecule is CC(c1cccc(Cl)c1)N(C)C(=O)CCCCBr. The van der Waals surface area contributed by atoms with E-state index in [1.165, 1.54) is 0 Å². The van der Waals surface area contributed by atoms with Crippen LogP contribution in [0.25, 0.3) is 0 Å². The molecule has 0 bridgehead atoms. The van der Waals surface area contributed by atoms with Crippen LogP contribution in [-0.4, -0.2) is 23.2 Å². The van der Waals surface area contributed by atoms with Gasteiger partial charge in [-0.25, -0.2) is 0 Å². The first-order valence-electron chi connectivity index (χ1n) is 6.13. The van der Waals surface area contributed by atoms with Crippen LogP contribution >= 0.6 is 27.5 Å². The Morgan fingerprint density at radius 2 is 2.17 bits per heavy atom. The number of alkyl halides is 1. The van der Waals surface area contributed by atoms with Gasteiger partial charge < -0.3 is 4.90 Å². The second kappa shape index (κ2) is 7.80. The van der Waals surface area contributed by atoms with Gasteiger partial charge in [0.05, 0.1) is 6.04 Å². The first kappa shape index (κ1) is 15.5. The van der Waals surface area contributed by atoms with E-state index in [0.29, 0.717) is 11.4 Å². The third kappa shape index (κ3) is 4.62. The molecule has 0 N–H and O–H groups in total. The molecule has 0 aromatic heterocycles. The summed E-state index contributed by atoms with van der Waals surface area (Å²) in [6, 6.07) is 7.72. The van der Waals surface area contributed by atoms with Crippen molar-refractivity contribution in [2.24, 2.45) is 0 Å². The highest BCUT2D eigenvalue weighted by molar-refractivity contribution is 9.09. The van der Waals surface area contributed by atoms with Crippen LogP contribution in [0.4, 0.5) is 0 Å². The van der Waals surface area contributed by atoms with Gasteiger partial charge in [-0.05, 0) is 37.5 Å². The lowest BCUT2D eigenvalue weighted by Crippen LogP contribution is -2.29. The van der Waals surface area contributed by atoms with Crippen molar-refractivity contribution in [2.75, 3.05) is 12.4 Å². The molecule has 0 aliphatic rings. The topological polar surface area (TPSA) is 20.3 Å². The van der Waals surface area contributed by atoms with Crippen molar-refractivity contribution in [3.63, 3.8) is 0 Å². The lowest BCUT2D eigenvalue weighted by Gasteiger charge is -2.25. The Balaban J connectivity index is 2.60. The molecule has 1 aromatic carbocycles. The van der Waals surface area contributed by atoms with Crippen LogP contribution < -0.4 is 0 Å². The number of halogens is 2. The average molecular weight is 333 g/mol. The monoisotopic (exact) mass is 331 g/mol. The number of carbonyl (C=O) groups is 1. The minimum atomic E-state index is 0.0557. The van der Waals surface area contributed by atoms with E-state index in [1.807, 2.05) is 38.2 Å². The molecule has 0 aliphatic carbocycles. The molecule has 0 heterocycles. The Bertz CT molecular complexity index is 397. The molecule has 0 fully saturated rings. The first-order chi connectivity index (χ1) is 8.56. The smallest absolute Gasteiger partial charge is 0.222 e. The van der Waals surface area contributed by atoms with Crippen molar-refractivity contribution in [2.45, 2.75) is 32.2 Å². The summed E-state index contributed by atoms with van der Waals surface area (Å²) in [5.41, 5.74) is 1.07. The molecule has 100 valence electrons. The number of rotatable bonds is 6. The Kier molecular flexibility index (Phi) is 6.72. The van der Waals surface area contributed by atoms with Crippen LogP contribution in [0.3, 0.4) is 0 Å². The number of unbranched alkanes of at least 4 members (excludes halogenated alkanes) is 1. The molecule has 2 nitrogen and oxygen atoms in total. The molecule has 1 unspecified atom stereocenters. The molecule has 1 atom stereocenters. The number of hydrogen-bond acceptors (Lipinski definition) is 1. The third-order valence-corrected chi connectivity index (χ3v) is 3.88. The Morgan fingerprint density at radius 1 is 1.44 bits per heavy atom. The van der Waals surface area contributed by atoms with Gasteiger partial charge in [-0.15, -0.1) is 0 Å². The summed E-state index contributed by atoms with van der Waals surface area (Å²) in [4.78, 5) is 13.8. The zero-order valence-electron chi connectivity index (χ0n) is 10.8. The molecule has 0 saturated carbocycles. The largest absolute Gasteiger partial charge is 0.339 e. The molecule has 0 aliphatic heterocycles. The summed E-state index contributed by atoms with van der Waals surface area (Å²) in [5, 5.41) is 1.66. The van der Waals surface area contributed by atoms with E-state index in [4.69, 9.17) is 11.6 Å². The lowest BCUT2D eigenvalue weighted by atomic mass is 10.1. The molecule has 0 saturated heterocycles. The first-order valence-corrected chi connectivity index (χ1v) is 7.63. The zero-order chi connectivity index (χ0) is 13.5. The standard InChI is InChI=1S/C14H19BrClNO/c1-11(12-6-5-7-13(16)10-12)17(2)14(18)8-3-4-9-15/h5-7,10-11H,3-4,8-9H2,1-2H3. The normalized spacial score (nSPS) is 12.2. The highest BCUT2D eigenvalue weighted by Crippen LogP contribution is 2.22. The maximum Gasteiger partial charge on any atom is 0.222 e. The number of nitrogens with zero attached hydrogens (tertiary/aromatic N) is 1. The summed E-state index contributed by atoms with van der Waals surface area (Å²) in [6.45, 7) is 2.02. The van der Waals surface area contributed by atoms with Crippen LogP contribution in [0.5, 0.6) is 0 Å². The van der Waals surface area contributed by atoms with E-state index in [0.717, 1.165) is 23.7 Å². The summed E-state index contributed by atoms with van der Waals surface area (Å²) in [7, 11) is 1.85. The molecule has 4 heteroatoms. The van der Waals surface area contributed by atoms with Gasteiger partial charge in [0.15, 0.2) is 0 Å². The Hall–Kier alpha value is -0.540. The fraction of sp³-hybridized carbons (Fsp3) is 0.500. The van der Waals surface area contributed by atoms with Crippen molar-refractivity contribution >= 4 is 33.4 Å². The van der Waals surface area contributed by atoms with E-state index >= 15 is 0 Å². The van der Waals surface area contributed by atoms with E-state index in [1.54, 1.807) is 4.90 Å². The van der Waals surface area contributed by atoms with Crippen molar-refractivity contribution in [3.05, 3.63) is 34.9 Å². The average Bonchev–Trinajstić information content (AvgIpc) is 2.37. The maximum absolute atomic E-state index is 12.0. The summed E-state index contributed by atoms with van der Waals surface area (Å²) >= 11 is 9.34. The third-order valence-electron chi connectivity index (χ3n) is 3.08. The molecule has 0 radical (unpaired) electrons. The van der Waals surface area contributed by atoms with Crippen molar-refractivity contribution in [3.8, 4) is 0 Å². The van der Waals surface area contributed by atoms with Gasteiger partial charge in [-0.2, -0.15) is 0 Å². The van der Waals surface area contributed by atoms with Gasteiger partial charge in [-0.1, -0.05) is 39.7 Å². The van der Waals surface area contributed by atoms with Crippen LogP contribution in [0.15, 0.2) is 24.3 Å². The van der Waals surface area contributed by atoms with Crippen molar-refractivity contribution in [1.82, 2.24) is 4.90 Å². The van der Waals surface area contributed by atoms with Crippen LogP contribution in [-0.2, 0) is 4.79 Å². The predicted molar refractivity (Wildman–Crippen MR) is 80.3 cm³/mol. The predicted octanol–water partition coefficient (Wildman–Crippen LogP) is 4.42. The molecular weight excluding hydrogens is 314 g/mol. The van der Waals surface area contributed by atoms with Gasteiger partial charge in [0.2, 0.25) is 5.91 Å². The quantitative estimate of drug-likeness (QED) is 0.557. The van der Waals surface area contributed by atoms with E-state index in [2.05, 4.69) is 15.9 Å².